The van der Waals surface area contributed by atoms with Gasteiger partial charge in [-0.1, -0.05) is 23.7 Å². The number of hydrogen-bond donors (Lipinski definition) is 1. The fraction of sp³-hybridized carbons (Fsp3) is 0.238. The van der Waals surface area contributed by atoms with Crippen molar-refractivity contribution in [1.82, 2.24) is 9.78 Å². The third-order valence-electron chi connectivity index (χ3n) is 4.94. The number of hydrogen-bond acceptors (Lipinski definition) is 3. The van der Waals surface area contributed by atoms with Crippen molar-refractivity contribution in [3.63, 3.8) is 0 Å². The molecular weight excluding hydrogens is 397 g/mol. The molecule has 1 aliphatic heterocycles. The van der Waals surface area contributed by atoms with Gasteiger partial charge in [-0.05, 0) is 49.2 Å². The van der Waals surface area contributed by atoms with Gasteiger partial charge in [0.05, 0.1) is 17.8 Å². The minimum absolute atomic E-state index is 0.133. The standard InChI is InChI=1S/C21H19ClFN3OS/c1-12-6-7-14(8-13(12)2)26-21(16-10-28-11-19(16)25-26)24-20(27)9-15-17(22)4-3-5-18(15)23/h3-8H,9-11H2,1-2H3,(H,24,27). The van der Waals surface area contributed by atoms with E-state index >= 15 is 0 Å². The Kier molecular flexibility index (Phi) is 5.17. The van der Waals surface area contributed by atoms with Crippen LogP contribution in [0.4, 0.5) is 10.2 Å². The molecule has 0 spiro atoms. The zero-order chi connectivity index (χ0) is 19.8. The van der Waals surface area contributed by atoms with Gasteiger partial charge in [0.25, 0.3) is 0 Å². The summed E-state index contributed by atoms with van der Waals surface area (Å²) < 4.78 is 15.8. The van der Waals surface area contributed by atoms with E-state index in [-0.39, 0.29) is 22.9 Å². The van der Waals surface area contributed by atoms with Crippen LogP contribution in [0.25, 0.3) is 5.69 Å². The molecule has 144 valence electrons. The largest absolute Gasteiger partial charge is 0.310 e. The maximum Gasteiger partial charge on any atom is 0.230 e. The Morgan fingerprint density at radius 1 is 1.25 bits per heavy atom. The van der Waals surface area contributed by atoms with Crippen LogP contribution < -0.4 is 5.32 Å². The first-order valence-electron chi connectivity index (χ1n) is 8.93. The first-order chi connectivity index (χ1) is 13.4. The fourth-order valence-corrected chi connectivity index (χ4v) is 4.49. The molecular formula is C21H19ClFN3OS. The van der Waals surface area contributed by atoms with E-state index < -0.39 is 5.82 Å². The number of nitrogens with zero attached hydrogens (tertiary/aromatic N) is 2. The van der Waals surface area contributed by atoms with E-state index in [1.807, 2.05) is 25.1 Å². The maximum atomic E-state index is 14.1. The number of nitrogens with one attached hydrogen (secondary N) is 1. The molecule has 0 unspecified atom stereocenters. The zero-order valence-electron chi connectivity index (χ0n) is 15.6. The average Bonchev–Trinajstić information content (AvgIpc) is 3.23. The van der Waals surface area contributed by atoms with Crippen LogP contribution in [-0.2, 0) is 22.7 Å². The lowest BCUT2D eigenvalue weighted by atomic mass is 10.1. The van der Waals surface area contributed by atoms with Crippen LogP contribution in [0.15, 0.2) is 36.4 Å². The third-order valence-corrected chi connectivity index (χ3v) is 6.27. The van der Waals surface area contributed by atoms with E-state index in [2.05, 4.69) is 12.2 Å². The van der Waals surface area contributed by atoms with Crippen LogP contribution in [-0.4, -0.2) is 15.7 Å². The highest BCUT2D eigenvalue weighted by Gasteiger charge is 2.25. The number of carbonyl (C=O) groups is 1. The van der Waals surface area contributed by atoms with Crippen LogP contribution in [0.2, 0.25) is 5.02 Å². The molecule has 4 rings (SSSR count). The second kappa shape index (κ2) is 7.60. The third kappa shape index (κ3) is 3.54. The molecule has 4 nitrogen and oxygen atoms in total. The van der Waals surface area contributed by atoms with Gasteiger partial charge in [0.15, 0.2) is 0 Å². The molecule has 0 atom stereocenters. The van der Waals surface area contributed by atoms with E-state index in [0.717, 1.165) is 34.0 Å². The SMILES string of the molecule is Cc1ccc(-n2nc3c(c2NC(=O)Cc2c(F)cccc2Cl)CSC3)cc1C. The van der Waals surface area contributed by atoms with E-state index in [4.69, 9.17) is 16.7 Å². The Hall–Kier alpha value is -2.31. The summed E-state index contributed by atoms with van der Waals surface area (Å²) in [6.45, 7) is 4.10. The van der Waals surface area contributed by atoms with Gasteiger partial charge >= 0.3 is 0 Å². The highest BCUT2D eigenvalue weighted by molar-refractivity contribution is 7.98. The van der Waals surface area contributed by atoms with Crippen LogP contribution in [0.5, 0.6) is 0 Å². The monoisotopic (exact) mass is 415 g/mol. The van der Waals surface area contributed by atoms with Crippen molar-refractivity contribution in [3.05, 3.63) is 75.2 Å². The smallest absolute Gasteiger partial charge is 0.230 e. The molecule has 0 aliphatic carbocycles. The highest BCUT2D eigenvalue weighted by atomic mass is 35.5. The van der Waals surface area contributed by atoms with Crippen molar-refractivity contribution in [2.45, 2.75) is 31.8 Å². The molecule has 1 amide bonds. The summed E-state index contributed by atoms with van der Waals surface area (Å²) >= 11 is 7.83. The lowest BCUT2D eigenvalue weighted by Gasteiger charge is -2.13. The number of amides is 1. The Balaban J connectivity index is 1.67. The van der Waals surface area contributed by atoms with Gasteiger partial charge in [-0.2, -0.15) is 16.9 Å². The van der Waals surface area contributed by atoms with Crippen molar-refractivity contribution in [3.8, 4) is 5.69 Å². The topological polar surface area (TPSA) is 46.9 Å². The van der Waals surface area contributed by atoms with Crippen LogP contribution in [0, 0.1) is 19.7 Å². The summed E-state index contributed by atoms with van der Waals surface area (Å²) in [5.74, 6) is 1.45. The normalized spacial score (nSPS) is 12.9. The molecule has 0 radical (unpaired) electrons. The number of rotatable bonds is 4. The summed E-state index contributed by atoms with van der Waals surface area (Å²) in [5, 5.41) is 7.91. The first kappa shape index (κ1) is 19.0. The van der Waals surface area contributed by atoms with Crippen molar-refractivity contribution in [1.29, 1.82) is 0 Å². The number of halogens is 2. The summed E-state index contributed by atoms with van der Waals surface area (Å²) in [6.07, 6.45) is -0.133. The predicted octanol–water partition coefficient (Wildman–Crippen LogP) is 5.21. The number of aryl methyl sites for hydroxylation is 2. The van der Waals surface area contributed by atoms with E-state index in [1.165, 1.54) is 17.7 Å². The number of benzene rings is 2. The minimum Gasteiger partial charge on any atom is -0.310 e. The molecule has 0 saturated carbocycles. The number of fused-ring (bicyclic) bond motifs is 1. The summed E-state index contributed by atoms with van der Waals surface area (Å²) in [7, 11) is 0. The number of anilines is 1. The lowest BCUT2D eigenvalue weighted by molar-refractivity contribution is -0.115. The number of aromatic nitrogens is 2. The van der Waals surface area contributed by atoms with E-state index in [9.17, 15) is 9.18 Å². The molecule has 28 heavy (non-hydrogen) atoms. The Bertz CT molecular complexity index is 1060. The van der Waals surface area contributed by atoms with Gasteiger partial charge in [-0.15, -0.1) is 0 Å². The summed E-state index contributed by atoms with van der Waals surface area (Å²) in [6, 6.07) is 10.5. The average molecular weight is 416 g/mol. The fourth-order valence-electron chi connectivity index (χ4n) is 3.22. The van der Waals surface area contributed by atoms with Gasteiger partial charge < -0.3 is 5.32 Å². The Labute approximate surface area is 172 Å². The van der Waals surface area contributed by atoms with Gasteiger partial charge in [0.2, 0.25) is 5.91 Å². The zero-order valence-corrected chi connectivity index (χ0v) is 17.1. The van der Waals surface area contributed by atoms with Gasteiger partial charge in [-0.25, -0.2) is 9.07 Å². The Morgan fingerprint density at radius 2 is 2.07 bits per heavy atom. The summed E-state index contributed by atoms with van der Waals surface area (Å²) in [5.41, 5.74) is 5.43. The van der Waals surface area contributed by atoms with Crippen molar-refractivity contribution in [2.75, 3.05) is 5.32 Å². The van der Waals surface area contributed by atoms with Crippen LogP contribution in [0.3, 0.4) is 0 Å². The number of carbonyl (C=O) groups excluding carboxylic acids is 1. The minimum atomic E-state index is -0.480. The van der Waals surface area contributed by atoms with E-state index in [0.29, 0.717) is 5.82 Å². The molecule has 2 heterocycles. The molecule has 1 N–H and O–H groups in total. The molecule has 7 heteroatoms. The molecule has 0 saturated heterocycles. The molecule has 1 aliphatic rings. The summed E-state index contributed by atoms with van der Waals surface area (Å²) in [4.78, 5) is 12.7. The molecule has 0 bridgehead atoms. The molecule has 2 aromatic carbocycles. The van der Waals surface area contributed by atoms with Gasteiger partial charge in [0, 0.05) is 27.7 Å². The molecule has 1 aromatic heterocycles. The second-order valence-electron chi connectivity index (χ2n) is 6.87. The highest BCUT2D eigenvalue weighted by Crippen LogP contribution is 2.36. The van der Waals surface area contributed by atoms with Crippen molar-refractivity contribution >= 4 is 35.1 Å². The Morgan fingerprint density at radius 3 is 2.82 bits per heavy atom. The lowest BCUT2D eigenvalue weighted by Crippen LogP contribution is -2.19. The van der Waals surface area contributed by atoms with Crippen molar-refractivity contribution < 1.29 is 9.18 Å². The van der Waals surface area contributed by atoms with Crippen LogP contribution >= 0.6 is 23.4 Å². The quantitative estimate of drug-likeness (QED) is 0.636. The predicted molar refractivity (Wildman–Crippen MR) is 112 cm³/mol. The first-order valence-corrected chi connectivity index (χ1v) is 10.5. The van der Waals surface area contributed by atoms with E-state index in [1.54, 1.807) is 22.5 Å². The van der Waals surface area contributed by atoms with Gasteiger partial charge in [0.1, 0.15) is 11.6 Å². The van der Waals surface area contributed by atoms with Gasteiger partial charge in [-0.3, -0.25) is 4.79 Å². The maximum absolute atomic E-state index is 14.1. The van der Waals surface area contributed by atoms with Crippen molar-refractivity contribution in [2.24, 2.45) is 0 Å². The molecule has 0 fully saturated rings. The second-order valence-corrected chi connectivity index (χ2v) is 8.26. The van der Waals surface area contributed by atoms with Crippen LogP contribution in [0.1, 0.15) is 27.9 Å². The number of thioether (sulfide) groups is 1. The molecule has 3 aromatic rings.